The van der Waals surface area contributed by atoms with E-state index in [1.54, 1.807) is 31.6 Å². The van der Waals surface area contributed by atoms with Crippen LogP contribution in [0.3, 0.4) is 0 Å². The Morgan fingerprint density at radius 3 is 2.67 bits per heavy atom. The van der Waals surface area contributed by atoms with Crippen LogP contribution in [0.1, 0.15) is 13.8 Å². The third-order valence-electron chi connectivity index (χ3n) is 3.06. The normalized spacial score (nSPS) is 11.7. The van der Waals surface area contributed by atoms with Crippen molar-refractivity contribution < 1.29 is 9.53 Å². The maximum Gasteiger partial charge on any atom is 0.243 e. The van der Waals surface area contributed by atoms with Crippen LogP contribution in [0.25, 0.3) is 11.0 Å². The molecule has 0 aliphatic carbocycles. The van der Waals surface area contributed by atoms with Gasteiger partial charge in [-0.25, -0.2) is 4.98 Å². The van der Waals surface area contributed by atoms with Crippen molar-refractivity contribution in [2.45, 2.75) is 19.4 Å². The zero-order valence-electron chi connectivity index (χ0n) is 10.6. The smallest absolute Gasteiger partial charge is 0.243 e. The zero-order valence-corrected chi connectivity index (χ0v) is 10.6. The van der Waals surface area contributed by atoms with Crippen molar-refractivity contribution in [1.82, 2.24) is 9.55 Å². The Labute approximate surface area is 105 Å². The lowest BCUT2D eigenvalue weighted by Crippen LogP contribution is -2.41. The van der Waals surface area contributed by atoms with E-state index < -0.39 is 11.4 Å². The Bertz CT molecular complexity index is 616. The summed E-state index contributed by atoms with van der Waals surface area (Å²) in [5.41, 5.74) is 11.7. The van der Waals surface area contributed by atoms with Gasteiger partial charge in [-0.3, -0.25) is 9.36 Å². The van der Waals surface area contributed by atoms with Crippen molar-refractivity contribution in [2.75, 3.05) is 12.8 Å². The highest BCUT2D eigenvalue weighted by Gasteiger charge is 2.31. The fourth-order valence-electron chi connectivity index (χ4n) is 1.95. The molecule has 0 bridgehead atoms. The van der Waals surface area contributed by atoms with Crippen LogP contribution in [0, 0.1) is 0 Å². The second kappa shape index (κ2) is 3.90. The number of nitrogens with two attached hydrogens (primary N) is 2. The van der Waals surface area contributed by atoms with Gasteiger partial charge >= 0.3 is 0 Å². The largest absolute Gasteiger partial charge is 0.494 e. The summed E-state index contributed by atoms with van der Waals surface area (Å²) in [6.45, 7) is 3.40. The second-order valence-corrected chi connectivity index (χ2v) is 4.56. The minimum atomic E-state index is -0.953. The molecule has 18 heavy (non-hydrogen) atoms. The van der Waals surface area contributed by atoms with E-state index in [1.165, 1.54) is 0 Å². The topological polar surface area (TPSA) is 96.2 Å². The Morgan fingerprint density at radius 1 is 1.44 bits per heavy atom. The van der Waals surface area contributed by atoms with Crippen LogP contribution in [0.5, 0.6) is 5.75 Å². The van der Waals surface area contributed by atoms with Crippen LogP contribution in [0.4, 0.5) is 5.95 Å². The summed E-state index contributed by atoms with van der Waals surface area (Å²) in [6.07, 6.45) is 0. The number of hydrogen-bond donors (Lipinski definition) is 2. The summed E-state index contributed by atoms with van der Waals surface area (Å²) >= 11 is 0. The molecule has 0 saturated carbocycles. The number of carbonyl (C=O) groups is 1. The molecule has 1 aromatic carbocycles. The highest BCUT2D eigenvalue weighted by Crippen LogP contribution is 2.31. The fourth-order valence-corrected chi connectivity index (χ4v) is 1.95. The molecule has 1 aromatic heterocycles. The maximum atomic E-state index is 11.6. The van der Waals surface area contributed by atoms with E-state index in [9.17, 15) is 4.79 Å². The van der Waals surface area contributed by atoms with Gasteiger partial charge < -0.3 is 16.2 Å². The van der Waals surface area contributed by atoms with Gasteiger partial charge in [0.25, 0.3) is 0 Å². The molecule has 6 nitrogen and oxygen atoms in total. The van der Waals surface area contributed by atoms with Gasteiger partial charge in [0.2, 0.25) is 11.9 Å². The fraction of sp³-hybridized carbons (Fsp3) is 0.333. The number of anilines is 1. The average Bonchev–Trinajstić information content (AvgIpc) is 2.64. The maximum absolute atomic E-state index is 11.6. The molecule has 0 spiro atoms. The van der Waals surface area contributed by atoms with E-state index >= 15 is 0 Å². The monoisotopic (exact) mass is 248 g/mol. The number of rotatable bonds is 3. The van der Waals surface area contributed by atoms with Crippen molar-refractivity contribution in [3.8, 4) is 5.75 Å². The Morgan fingerprint density at radius 2 is 2.11 bits per heavy atom. The number of nitrogens with zero attached hydrogens (tertiary/aromatic N) is 2. The molecule has 1 heterocycles. The summed E-state index contributed by atoms with van der Waals surface area (Å²) in [5.74, 6) is 0.368. The molecule has 0 aliphatic heterocycles. The number of para-hydroxylation sites is 1. The summed E-state index contributed by atoms with van der Waals surface area (Å²) in [4.78, 5) is 15.8. The molecule has 6 heteroatoms. The molecule has 2 rings (SSSR count). The van der Waals surface area contributed by atoms with Crippen LogP contribution < -0.4 is 16.2 Å². The number of hydrogen-bond acceptors (Lipinski definition) is 4. The Hall–Kier alpha value is -2.24. The molecular weight excluding hydrogens is 232 g/mol. The predicted octanol–water partition coefficient (Wildman–Crippen LogP) is 0.847. The van der Waals surface area contributed by atoms with Crippen molar-refractivity contribution in [2.24, 2.45) is 5.73 Å². The standard InChI is InChI=1S/C12H16N4O2/c1-12(2,10(13)17)16-7-5-4-6-8(18-3)9(7)15-11(16)14/h4-6H,1-3H3,(H2,13,17)(H2,14,15). The quantitative estimate of drug-likeness (QED) is 0.841. The third kappa shape index (κ3) is 1.57. The summed E-state index contributed by atoms with van der Waals surface area (Å²) in [7, 11) is 1.56. The van der Waals surface area contributed by atoms with Gasteiger partial charge in [-0.05, 0) is 26.0 Å². The van der Waals surface area contributed by atoms with E-state index in [4.69, 9.17) is 16.2 Å². The first-order chi connectivity index (χ1) is 8.39. The van der Waals surface area contributed by atoms with Crippen molar-refractivity contribution in [3.63, 3.8) is 0 Å². The summed E-state index contributed by atoms with van der Waals surface area (Å²) in [6, 6.07) is 5.43. The number of methoxy groups -OCH3 is 1. The van der Waals surface area contributed by atoms with Crippen molar-refractivity contribution in [3.05, 3.63) is 18.2 Å². The average molecular weight is 248 g/mol. The minimum absolute atomic E-state index is 0.235. The number of fused-ring (bicyclic) bond motifs is 1. The molecular formula is C12H16N4O2. The van der Waals surface area contributed by atoms with Gasteiger partial charge in [0.15, 0.2) is 0 Å². The highest BCUT2D eigenvalue weighted by atomic mass is 16.5. The van der Waals surface area contributed by atoms with Gasteiger partial charge in [-0.15, -0.1) is 0 Å². The van der Waals surface area contributed by atoms with E-state index in [0.717, 1.165) is 5.52 Å². The Balaban J connectivity index is 2.80. The molecule has 2 aromatic rings. The molecule has 96 valence electrons. The highest BCUT2D eigenvalue weighted by molar-refractivity contribution is 5.89. The first-order valence-electron chi connectivity index (χ1n) is 5.51. The minimum Gasteiger partial charge on any atom is -0.494 e. The van der Waals surface area contributed by atoms with Crippen LogP contribution in [0.2, 0.25) is 0 Å². The second-order valence-electron chi connectivity index (χ2n) is 4.56. The number of carbonyl (C=O) groups excluding carboxylic acids is 1. The van der Waals surface area contributed by atoms with Gasteiger partial charge in [0, 0.05) is 0 Å². The number of benzene rings is 1. The van der Waals surface area contributed by atoms with Crippen LogP contribution in [0.15, 0.2) is 18.2 Å². The Kier molecular flexibility index (Phi) is 2.65. The number of nitrogen functional groups attached to an aromatic ring is 1. The lowest BCUT2D eigenvalue weighted by molar-refractivity contribution is -0.124. The number of primary amides is 1. The molecule has 0 atom stereocenters. The first kappa shape index (κ1) is 12.2. The van der Waals surface area contributed by atoms with Gasteiger partial charge in [0.1, 0.15) is 16.8 Å². The zero-order chi connectivity index (χ0) is 13.5. The molecule has 0 fully saturated rings. The predicted molar refractivity (Wildman–Crippen MR) is 69.2 cm³/mol. The molecule has 0 aliphatic rings. The molecule has 1 amide bonds. The number of amides is 1. The molecule has 0 saturated heterocycles. The number of imidazole rings is 1. The summed E-state index contributed by atoms with van der Waals surface area (Å²) in [5, 5.41) is 0. The van der Waals surface area contributed by atoms with Gasteiger partial charge in [-0.2, -0.15) is 0 Å². The molecule has 4 N–H and O–H groups in total. The summed E-state index contributed by atoms with van der Waals surface area (Å²) < 4.78 is 6.84. The third-order valence-corrected chi connectivity index (χ3v) is 3.06. The number of aromatic nitrogens is 2. The van der Waals surface area contributed by atoms with Crippen LogP contribution in [-0.4, -0.2) is 22.6 Å². The lowest BCUT2D eigenvalue weighted by Gasteiger charge is -2.24. The first-order valence-corrected chi connectivity index (χ1v) is 5.51. The van der Waals surface area contributed by atoms with E-state index in [-0.39, 0.29) is 5.95 Å². The van der Waals surface area contributed by atoms with E-state index in [0.29, 0.717) is 11.3 Å². The van der Waals surface area contributed by atoms with E-state index in [1.807, 2.05) is 12.1 Å². The number of ether oxygens (including phenoxy) is 1. The van der Waals surface area contributed by atoms with E-state index in [2.05, 4.69) is 4.98 Å². The lowest BCUT2D eigenvalue weighted by atomic mass is 10.0. The van der Waals surface area contributed by atoms with Crippen molar-refractivity contribution >= 4 is 22.9 Å². The SMILES string of the molecule is COc1cccc2c1nc(N)n2C(C)(C)C(N)=O. The van der Waals surface area contributed by atoms with Gasteiger partial charge in [-0.1, -0.05) is 6.07 Å². The van der Waals surface area contributed by atoms with Gasteiger partial charge in [0.05, 0.1) is 12.6 Å². The molecule has 0 unspecified atom stereocenters. The molecule has 0 radical (unpaired) electrons. The van der Waals surface area contributed by atoms with Crippen LogP contribution in [-0.2, 0) is 10.3 Å². The van der Waals surface area contributed by atoms with Crippen molar-refractivity contribution in [1.29, 1.82) is 0 Å². The van der Waals surface area contributed by atoms with Crippen LogP contribution >= 0.6 is 0 Å².